The van der Waals surface area contributed by atoms with Gasteiger partial charge in [0.05, 0.1) is 20.3 Å². The number of aromatic nitrogens is 1. The van der Waals surface area contributed by atoms with Crippen LogP contribution in [-0.2, 0) is 13.0 Å². The summed E-state index contributed by atoms with van der Waals surface area (Å²) in [6, 6.07) is 19.2. The van der Waals surface area contributed by atoms with Crippen molar-refractivity contribution < 1.29 is 19.3 Å². The lowest BCUT2D eigenvalue weighted by molar-refractivity contribution is 0.317. The average molecular weight is 520 g/mol. The van der Waals surface area contributed by atoms with Crippen molar-refractivity contribution in [1.29, 1.82) is 0 Å². The van der Waals surface area contributed by atoms with Crippen molar-refractivity contribution in [1.82, 2.24) is 9.88 Å². The molecule has 3 N–H and O–H groups in total. The van der Waals surface area contributed by atoms with Crippen molar-refractivity contribution in [2.45, 2.75) is 26.8 Å². The summed E-state index contributed by atoms with van der Waals surface area (Å²) in [6.07, 6.45) is 2.81. The molecular weight excluding hydrogens is 486 g/mol. The molecule has 7 nitrogen and oxygen atoms in total. The maximum atomic E-state index is 10.1. The lowest BCUT2D eigenvalue weighted by Gasteiger charge is -2.26. The third-order valence-corrected chi connectivity index (χ3v) is 6.39. The Morgan fingerprint density at radius 2 is 1.73 bits per heavy atom. The van der Waals surface area contributed by atoms with Crippen LogP contribution in [0.3, 0.4) is 0 Å². The van der Waals surface area contributed by atoms with E-state index in [1.807, 2.05) is 68.6 Å². The quantitative estimate of drug-likeness (QED) is 0.206. The number of phenolic OH excluding ortho intramolecular Hbond substituents is 1. The number of hydrogen-bond donors (Lipinski definition) is 3. The Labute approximate surface area is 223 Å². The Balaban J connectivity index is 1.55. The molecule has 0 amide bonds. The molecule has 0 saturated carbocycles. The Morgan fingerprint density at radius 1 is 0.973 bits per heavy atom. The first-order chi connectivity index (χ1) is 18.0. The number of rotatable bonds is 11. The van der Waals surface area contributed by atoms with Gasteiger partial charge < -0.3 is 34.5 Å². The number of H-pyrrole nitrogens is 1. The highest BCUT2D eigenvalue weighted by molar-refractivity contribution is 7.80. The molecule has 0 bridgehead atoms. The number of fused-ring (bicyclic) bond motifs is 1. The van der Waals surface area contributed by atoms with Gasteiger partial charge in [0.15, 0.2) is 16.6 Å². The zero-order valence-corrected chi connectivity index (χ0v) is 22.2. The van der Waals surface area contributed by atoms with Crippen molar-refractivity contribution in [2.75, 3.05) is 32.2 Å². The van der Waals surface area contributed by atoms with Gasteiger partial charge in [-0.15, -0.1) is 0 Å². The molecule has 194 valence electrons. The van der Waals surface area contributed by atoms with Gasteiger partial charge in [-0.25, -0.2) is 0 Å². The molecular formula is C29H33N3O4S. The molecule has 0 atom stereocenters. The summed E-state index contributed by atoms with van der Waals surface area (Å²) in [5, 5.41) is 15.2. The van der Waals surface area contributed by atoms with Crippen LogP contribution in [0.25, 0.3) is 10.9 Å². The highest BCUT2D eigenvalue weighted by Gasteiger charge is 2.15. The van der Waals surface area contributed by atoms with Gasteiger partial charge in [-0.3, -0.25) is 0 Å². The zero-order chi connectivity index (χ0) is 26.2. The Bertz CT molecular complexity index is 1340. The molecule has 0 aliphatic carbocycles. The first-order valence-corrected chi connectivity index (χ1v) is 12.8. The second-order valence-electron chi connectivity index (χ2n) is 8.52. The van der Waals surface area contributed by atoms with E-state index in [9.17, 15) is 5.11 Å². The number of phenols is 1. The third-order valence-electron chi connectivity index (χ3n) is 6.03. The largest absolute Gasteiger partial charge is 0.504 e. The summed E-state index contributed by atoms with van der Waals surface area (Å²) in [5.41, 5.74) is 4.12. The van der Waals surface area contributed by atoms with Gasteiger partial charge in [0.25, 0.3) is 0 Å². The van der Waals surface area contributed by atoms with E-state index < -0.39 is 0 Å². The number of aromatic amines is 1. The van der Waals surface area contributed by atoms with Gasteiger partial charge in [0.1, 0.15) is 11.5 Å². The van der Waals surface area contributed by atoms with Gasteiger partial charge in [-0.2, -0.15) is 0 Å². The minimum atomic E-state index is 0.125. The van der Waals surface area contributed by atoms with Crippen molar-refractivity contribution >= 4 is 33.9 Å². The smallest absolute Gasteiger partial charge is 0.173 e. The minimum Gasteiger partial charge on any atom is -0.504 e. The number of thiocarbonyl (C=S) groups is 1. The lowest BCUT2D eigenvalue weighted by Crippen LogP contribution is -2.35. The molecule has 8 heteroatoms. The van der Waals surface area contributed by atoms with Crippen LogP contribution >= 0.6 is 12.2 Å². The molecule has 0 radical (unpaired) electrons. The van der Waals surface area contributed by atoms with E-state index in [-0.39, 0.29) is 5.75 Å². The second kappa shape index (κ2) is 12.4. The molecule has 1 aromatic heterocycles. The third kappa shape index (κ3) is 6.65. The average Bonchev–Trinajstić information content (AvgIpc) is 3.31. The molecule has 0 saturated heterocycles. The molecule has 0 aliphatic rings. The second-order valence-corrected chi connectivity index (χ2v) is 8.91. The number of nitrogens with one attached hydrogen (secondary N) is 2. The van der Waals surface area contributed by atoms with Crippen LogP contribution in [-0.4, -0.2) is 47.0 Å². The first-order valence-electron chi connectivity index (χ1n) is 12.4. The summed E-state index contributed by atoms with van der Waals surface area (Å²) in [7, 11) is 1.68. The van der Waals surface area contributed by atoms with Crippen LogP contribution in [0.15, 0.2) is 66.9 Å². The molecule has 1 heterocycles. The normalized spacial score (nSPS) is 10.8. The number of anilines is 1. The van der Waals surface area contributed by atoms with Crippen LogP contribution in [0.2, 0.25) is 0 Å². The topological polar surface area (TPSA) is 79.0 Å². The Morgan fingerprint density at radius 3 is 2.46 bits per heavy atom. The maximum absolute atomic E-state index is 10.1. The summed E-state index contributed by atoms with van der Waals surface area (Å²) < 4.78 is 16.6. The summed E-state index contributed by atoms with van der Waals surface area (Å²) in [4.78, 5) is 5.46. The molecule has 4 rings (SSSR count). The van der Waals surface area contributed by atoms with E-state index in [1.165, 1.54) is 5.56 Å². The standard InChI is InChI=1S/C29H33N3O4S/c1-4-35-23-9-7-22(8-10-23)31-29(37)32(19-20-6-13-27(33)28(16-20)36-5-2)15-14-21-18-30-26-12-11-24(34-3)17-25(21)26/h6-13,16-18,30,33H,4-5,14-15,19H2,1-3H3,(H,31,37). The highest BCUT2D eigenvalue weighted by atomic mass is 32.1. The SMILES string of the molecule is CCOc1ccc(NC(=S)N(CCc2c[nH]c3ccc(OC)cc23)Cc2ccc(O)c(OCC)c2)cc1. The Hall–Kier alpha value is -3.91. The van der Waals surface area contributed by atoms with Crippen molar-refractivity contribution in [3.8, 4) is 23.0 Å². The van der Waals surface area contributed by atoms with Gasteiger partial charge in [0.2, 0.25) is 0 Å². The predicted octanol–water partition coefficient (Wildman–Crippen LogP) is 6.12. The van der Waals surface area contributed by atoms with Crippen LogP contribution in [0, 0.1) is 0 Å². The van der Waals surface area contributed by atoms with Crippen molar-refractivity contribution in [3.05, 3.63) is 78.0 Å². The van der Waals surface area contributed by atoms with Crippen LogP contribution in [0.5, 0.6) is 23.0 Å². The molecule has 0 unspecified atom stereocenters. The number of hydrogen-bond acceptors (Lipinski definition) is 5. The van der Waals surface area contributed by atoms with Crippen LogP contribution < -0.4 is 19.5 Å². The van der Waals surface area contributed by atoms with E-state index in [0.29, 0.717) is 37.2 Å². The number of benzene rings is 3. The number of ether oxygens (including phenoxy) is 3. The molecule has 0 aliphatic heterocycles. The number of methoxy groups -OCH3 is 1. The molecule has 0 fully saturated rings. The fraction of sp³-hybridized carbons (Fsp3) is 0.276. The van der Waals surface area contributed by atoms with Gasteiger partial charge >= 0.3 is 0 Å². The fourth-order valence-corrected chi connectivity index (χ4v) is 4.42. The predicted molar refractivity (Wildman–Crippen MR) is 152 cm³/mol. The monoisotopic (exact) mass is 519 g/mol. The number of nitrogens with zero attached hydrogens (tertiary/aromatic N) is 1. The van der Waals surface area contributed by atoms with E-state index in [4.69, 9.17) is 26.4 Å². The molecule has 4 aromatic rings. The summed E-state index contributed by atoms with van der Waals surface area (Å²) >= 11 is 5.86. The number of aromatic hydroxyl groups is 1. The first kappa shape index (κ1) is 26.2. The maximum Gasteiger partial charge on any atom is 0.173 e. The minimum absolute atomic E-state index is 0.125. The van der Waals surface area contributed by atoms with E-state index in [1.54, 1.807) is 13.2 Å². The molecule has 3 aromatic carbocycles. The van der Waals surface area contributed by atoms with E-state index >= 15 is 0 Å². The highest BCUT2D eigenvalue weighted by Crippen LogP contribution is 2.28. The summed E-state index contributed by atoms with van der Waals surface area (Å²) in [5.74, 6) is 2.23. The van der Waals surface area contributed by atoms with Crippen molar-refractivity contribution in [2.24, 2.45) is 0 Å². The van der Waals surface area contributed by atoms with Crippen LogP contribution in [0.1, 0.15) is 25.0 Å². The van der Waals surface area contributed by atoms with E-state index in [2.05, 4.69) is 21.3 Å². The van der Waals surface area contributed by atoms with Gasteiger partial charge in [-0.05, 0) is 98.2 Å². The fourth-order valence-electron chi connectivity index (χ4n) is 4.15. The molecule has 0 spiro atoms. The Kier molecular flexibility index (Phi) is 8.74. The summed E-state index contributed by atoms with van der Waals surface area (Å²) in [6.45, 7) is 6.18. The molecule has 37 heavy (non-hydrogen) atoms. The van der Waals surface area contributed by atoms with Gasteiger partial charge in [0, 0.05) is 35.9 Å². The van der Waals surface area contributed by atoms with Crippen molar-refractivity contribution in [3.63, 3.8) is 0 Å². The lowest BCUT2D eigenvalue weighted by atomic mass is 10.1. The zero-order valence-electron chi connectivity index (χ0n) is 21.4. The van der Waals surface area contributed by atoms with Gasteiger partial charge in [-0.1, -0.05) is 6.07 Å². The van der Waals surface area contributed by atoms with E-state index in [0.717, 1.165) is 40.1 Å². The van der Waals surface area contributed by atoms with Crippen LogP contribution in [0.4, 0.5) is 5.69 Å².